The fourth-order valence-electron chi connectivity index (χ4n) is 2.64. The molecule has 1 N–H and O–H groups in total. The van der Waals surface area contributed by atoms with Crippen molar-refractivity contribution in [3.8, 4) is 0 Å². The smallest absolute Gasteiger partial charge is 0.435 e. The van der Waals surface area contributed by atoms with Gasteiger partial charge in [0, 0.05) is 25.3 Å². The molecule has 1 aromatic rings. The highest BCUT2D eigenvalue weighted by Gasteiger charge is 2.36. The number of carboxylic acid groups (broad SMARTS) is 1. The van der Waals surface area contributed by atoms with Crippen LogP contribution in [0.2, 0.25) is 0 Å². The van der Waals surface area contributed by atoms with Crippen molar-refractivity contribution in [2.75, 3.05) is 19.6 Å². The van der Waals surface area contributed by atoms with Crippen LogP contribution in [-0.2, 0) is 11.0 Å². The van der Waals surface area contributed by atoms with Crippen LogP contribution in [0.5, 0.6) is 0 Å². The van der Waals surface area contributed by atoms with Crippen LogP contribution in [0.25, 0.3) is 0 Å². The molecule has 1 saturated heterocycles. The maximum absolute atomic E-state index is 12.7. The van der Waals surface area contributed by atoms with E-state index in [4.69, 9.17) is 5.11 Å². The van der Waals surface area contributed by atoms with Crippen LogP contribution >= 0.6 is 0 Å². The fraction of sp³-hybridized carbons (Fsp3) is 0.692. The number of nitrogens with zero attached hydrogens (tertiary/aromatic N) is 3. The summed E-state index contributed by atoms with van der Waals surface area (Å²) in [6.07, 6.45) is -3.77. The summed E-state index contributed by atoms with van der Waals surface area (Å²) in [6.45, 7) is 4.82. The maximum atomic E-state index is 12.7. The first-order chi connectivity index (χ1) is 9.68. The summed E-state index contributed by atoms with van der Waals surface area (Å²) in [4.78, 5) is 12.8. The van der Waals surface area contributed by atoms with Gasteiger partial charge in [-0.15, -0.1) is 0 Å². The Kier molecular flexibility index (Phi) is 4.27. The van der Waals surface area contributed by atoms with E-state index in [2.05, 4.69) is 5.10 Å². The lowest BCUT2D eigenvalue weighted by Gasteiger charge is -2.19. The largest absolute Gasteiger partial charge is 0.481 e. The van der Waals surface area contributed by atoms with Crippen molar-refractivity contribution in [2.24, 2.45) is 5.92 Å². The highest BCUT2D eigenvalue weighted by molar-refractivity contribution is 5.69. The molecule has 5 nitrogen and oxygen atoms in total. The number of carboxylic acids is 1. The van der Waals surface area contributed by atoms with Crippen LogP contribution in [0.3, 0.4) is 0 Å². The summed E-state index contributed by atoms with van der Waals surface area (Å²) < 4.78 is 39.4. The molecule has 118 valence electrons. The zero-order valence-corrected chi connectivity index (χ0v) is 11.9. The topological polar surface area (TPSA) is 58.4 Å². The summed E-state index contributed by atoms with van der Waals surface area (Å²) in [5.74, 6) is -1.36. The summed E-state index contributed by atoms with van der Waals surface area (Å²) in [5, 5.41) is 12.6. The molecule has 1 fully saturated rings. The first-order valence-corrected chi connectivity index (χ1v) is 6.77. The van der Waals surface area contributed by atoms with Crippen molar-refractivity contribution in [1.82, 2.24) is 14.7 Å². The van der Waals surface area contributed by atoms with Crippen molar-refractivity contribution in [2.45, 2.75) is 32.5 Å². The van der Waals surface area contributed by atoms with E-state index in [1.165, 1.54) is 4.68 Å². The average molecular weight is 305 g/mol. The molecule has 1 aliphatic rings. The molecule has 0 aromatic carbocycles. The van der Waals surface area contributed by atoms with E-state index < -0.39 is 23.8 Å². The first-order valence-electron chi connectivity index (χ1n) is 6.77. The van der Waals surface area contributed by atoms with Crippen LogP contribution in [0.15, 0.2) is 6.07 Å². The van der Waals surface area contributed by atoms with Gasteiger partial charge in [0.1, 0.15) is 0 Å². The van der Waals surface area contributed by atoms with E-state index in [1.54, 1.807) is 13.8 Å². The van der Waals surface area contributed by atoms with Gasteiger partial charge in [-0.05, 0) is 19.4 Å². The molecule has 0 aliphatic carbocycles. The summed E-state index contributed by atoms with van der Waals surface area (Å²) in [5.41, 5.74) is -0.405. The standard InChI is InChI=1S/C13H18F3N3O2/c1-8(12(20)21)6-18-4-3-10(7-18)19-9(2)5-11(17-19)13(14,15)16/h5,8,10H,3-4,6-7H2,1-2H3,(H,20,21). The molecule has 0 bridgehead atoms. The Balaban J connectivity index is 2.05. The molecule has 0 spiro atoms. The van der Waals surface area contributed by atoms with Gasteiger partial charge in [-0.2, -0.15) is 18.3 Å². The highest BCUT2D eigenvalue weighted by Crippen LogP contribution is 2.31. The van der Waals surface area contributed by atoms with Crippen LogP contribution in [-0.4, -0.2) is 45.4 Å². The van der Waals surface area contributed by atoms with Crippen molar-refractivity contribution < 1.29 is 23.1 Å². The second-order valence-corrected chi connectivity index (χ2v) is 5.55. The predicted octanol–water partition coefficient (Wildman–Crippen LogP) is 2.18. The normalized spacial score (nSPS) is 21.7. The number of likely N-dealkylation sites (tertiary alicyclic amines) is 1. The minimum absolute atomic E-state index is 0.137. The van der Waals surface area contributed by atoms with Gasteiger partial charge in [0.05, 0.1) is 12.0 Å². The maximum Gasteiger partial charge on any atom is 0.435 e. The van der Waals surface area contributed by atoms with E-state index in [1.807, 2.05) is 4.90 Å². The lowest BCUT2D eigenvalue weighted by atomic mass is 10.2. The van der Waals surface area contributed by atoms with Crippen LogP contribution in [0.1, 0.15) is 30.8 Å². The average Bonchev–Trinajstić information content (AvgIpc) is 2.94. The molecule has 2 unspecified atom stereocenters. The number of alkyl halides is 3. The van der Waals surface area contributed by atoms with E-state index in [0.29, 0.717) is 31.7 Å². The fourth-order valence-corrected chi connectivity index (χ4v) is 2.64. The molecular formula is C13H18F3N3O2. The van der Waals surface area contributed by atoms with Crippen LogP contribution in [0, 0.1) is 12.8 Å². The van der Waals surface area contributed by atoms with E-state index in [9.17, 15) is 18.0 Å². The van der Waals surface area contributed by atoms with E-state index >= 15 is 0 Å². The lowest BCUT2D eigenvalue weighted by Crippen LogP contribution is -2.30. The van der Waals surface area contributed by atoms with Crippen LogP contribution < -0.4 is 0 Å². The zero-order valence-electron chi connectivity index (χ0n) is 11.9. The summed E-state index contributed by atoms with van der Waals surface area (Å²) in [7, 11) is 0. The molecule has 2 rings (SSSR count). The molecule has 2 heterocycles. The zero-order chi connectivity index (χ0) is 15.8. The molecule has 2 atom stereocenters. The third kappa shape index (κ3) is 3.55. The number of hydrogen-bond donors (Lipinski definition) is 1. The first kappa shape index (κ1) is 15.8. The third-order valence-electron chi connectivity index (χ3n) is 3.76. The molecule has 0 radical (unpaired) electrons. The molecule has 8 heteroatoms. The molecule has 1 aliphatic heterocycles. The number of carbonyl (C=O) groups is 1. The van der Waals surface area contributed by atoms with Gasteiger partial charge in [-0.3, -0.25) is 9.48 Å². The van der Waals surface area contributed by atoms with Gasteiger partial charge in [0.15, 0.2) is 5.69 Å². The third-order valence-corrected chi connectivity index (χ3v) is 3.76. The molecule has 1 aromatic heterocycles. The van der Waals surface area contributed by atoms with Crippen molar-refractivity contribution in [3.05, 3.63) is 17.5 Å². The number of aliphatic carboxylic acids is 1. The van der Waals surface area contributed by atoms with Gasteiger partial charge in [0.25, 0.3) is 0 Å². The van der Waals surface area contributed by atoms with Gasteiger partial charge in [-0.25, -0.2) is 0 Å². The number of halogens is 3. The van der Waals surface area contributed by atoms with Gasteiger partial charge < -0.3 is 10.0 Å². The Bertz CT molecular complexity index is 527. The quantitative estimate of drug-likeness (QED) is 0.926. The lowest BCUT2D eigenvalue weighted by molar-refractivity contribution is -0.142. The van der Waals surface area contributed by atoms with Crippen molar-refractivity contribution in [1.29, 1.82) is 0 Å². The Hall–Kier alpha value is -1.57. The Labute approximate surface area is 120 Å². The molecule has 21 heavy (non-hydrogen) atoms. The minimum Gasteiger partial charge on any atom is -0.481 e. The van der Waals surface area contributed by atoms with Crippen molar-refractivity contribution in [3.63, 3.8) is 0 Å². The van der Waals surface area contributed by atoms with E-state index in [-0.39, 0.29) is 6.04 Å². The monoisotopic (exact) mass is 305 g/mol. The molecular weight excluding hydrogens is 287 g/mol. The van der Waals surface area contributed by atoms with Gasteiger partial charge in [0.2, 0.25) is 0 Å². The van der Waals surface area contributed by atoms with Gasteiger partial charge >= 0.3 is 12.1 Å². The number of aromatic nitrogens is 2. The Morgan fingerprint density at radius 2 is 2.24 bits per heavy atom. The Morgan fingerprint density at radius 1 is 1.57 bits per heavy atom. The number of aryl methyl sites for hydroxylation is 1. The minimum atomic E-state index is -4.44. The van der Waals surface area contributed by atoms with Crippen molar-refractivity contribution >= 4 is 5.97 Å². The predicted molar refractivity (Wildman–Crippen MR) is 68.9 cm³/mol. The second-order valence-electron chi connectivity index (χ2n) is 5.55. The Morgan fingerprint density at radius 3 is 2.76 bits per heavy atom. The summed E-state index contributed by atoms with van der Waals surface area (Å²) in [6, 6.07) is 0.907. The number of rotatable bonds is 4. The molecule has 0 amide bonds. The van der Waals surface area contributed by atoms with Gasteiger partial charge in [-0.1, -0.05) is 6.92 Å². The molecule has 0 saturated carbocycles. The highest BCUT2D eigenvalue weighted by atomic mass is 19.4. The van der Waals surface area contributed by atoms with Crippen LogP contribution in [0.4, 0.5) is 13.2 Å². The SMILES string of the molecule is Cc1cc(C(F)(F)F)nn1C1CCN(CC(C)C(=O)O)C1. The number of hydrogen-bond acceptors (Lipinski definition) is 3. The summed E-state index contributed by atoms with van der Waals surface area (Å²) >= 11 is 0. The second kappa shape index (κ2) is 5.67. The van der Waals surface area contributed by atoms with E-state index in [0.717, 1.165) is 6.07 Å².